The van der Waals surface area contributed by atoms with E-state index in [2.05, 4.69) is 0 Å². The fourth-order valence-electron chi connectivity index (χ4n) is 1.82. The highest BCUT2D eigenvalue weighted by atomic mass is 17.0. The minimum atomic E-state index is -0.424. The van der Waals surface area contributed by atoms with Crippen LogP contribution in [0.4, 0.5) is 0 Å². The molecule has 0 aromatic heterocycles. The monoisotopic (exact) mass is 390 g/mol. The summed E-state index contributed by atoms with van der Waals surface area (Å²) in [7, 11) is 0. The zero-order valence-corrected chi connectivity index (χ0v) is 17.3. The van der Waals surface area contributed by atoms with Crippen LogP contribution < -0.4 is 0 Å². The summed E-state index contributed by atoms with van der Waals surface area (Å²) in [4.78, 5) is 22.9. The van der Waals surface area contributed by atoms with E-state index < -0.39 is 11.2 Å². The average Bonchev–Trinajstić information content (AvgIpc) is 2.63. The van der Waals surface area contributed by atoms with Crippen LogP contribution in [0.25, 0.3) is 0 Å². The average molecular weight is 390 g/mol. The summed E-state index contributed by atoms with van der Waals surface area (Å²) in [6, 6.07) is 18.0. The Morgan fingerprint density at radius 3 is 1.07 bits per heavy atom. The van der Waals surface area contributed by atoms with Crippen molar-refractivity contribution in [2.75, 3.05) is 0 Å². The van der Waals surface area contributed by atoms with Crippen molar-refractivity contribution in [2.24, 2.45) is 0 Å². The smallest absolute Gasteiger partial charge is 0.338 e. The summed E-state index contributed by atoms with van der Waals surface area (Å²) in [5.41, 5.74) is 0.342. The molecule has 2 aromatic rings. The van der Waals surface area contributed by atoms with Crippen LogP contribution >= 0.6 is 0 Å². The highest BCUT2D eigenvalue weighted by Crippen LogP contribution is 2.12. The van der Waals surface area contributed by atoms with Crippen molar-refractivity contribution >= 4 is 11.9 Å². The molecular weight excluding hydrogens is 360 g/mol. The van der Waals surface area contributed by atoms with E-state index in [1.165, 1.54) is 0 Å². The summed E-state index contributed by atoms with van der Waals surface area (Å²) >= 11 is 0. The molecule has 0 fully saturated rings. The summed E-state index contributed by atoms with van der Waals surface area (Å²) in [6.45, 7) is 11.1. The molecule has 0 heterocycles. The Morgan fingerprint density at radius 2 is 0.857 bits per heavy atom. The SMILES string of the molecule is CC(C)(C)OC(=O)c1ccccc1.CC(C)(C)OC(=O)c1ccccc1.OO. The number of ether oxygens (including phenoxy) is 2. The second kappa shape index (κ2) is 11.9. The molecule has 0 saturated carbocycles. The maximum absolute atomic E-state index is 11.4. The lowest BCUT2D eigenvalue weighted by Gasteiger charge is -2.19. The number of hydrogen-bond acceptors (Lipinski definition) is 6. The second-order valence-electron chi connectivity index (χ2n) is 7.74. The first-order chi connectivity index (χ1) is 13.0. The van der Waals surface area contributed by atoms with E-state index in [1.54, 1.807) is 24.3 Å². The summed E-state index contributed by atoms with van der Waals surface area (Å²) in [5, 5.41) is 12.0. The Morgan fingerprint density at radius 1 is 0.607 bits per heavy atom. The van der Waals surface area contributed by atoms with Gasteiger partial charge in [-0.1, -0.05) is 36.4 Å². The van der Waals surface area contributed by atoms with Crippen molar-refractivity contribution in [1.82, 2.24) is 0 Å². The van der Waals surface area contributed by atoms with E-state index in [0.29, 0.717) is 11.1 Å². The number of carbonyl (C=O) groups excluding carboxylic acids is 2. The standard InChI is InChI=1S/2C11H14O2.H2O2/c2*1-11(2,3)13-10(12)9-7-5-4-6-8-9;1-2/h2*4-8H,1-3H3;1-2H. The molecule has 2 N–H and O–H groups in total. The van der Waals surface area contributed by atoms with E-state index in [9.17, 15) is 9.59 Å². The molecule has 6 heteroatoms. The second-order valence-corrected chi connectivity index (χ2v) is 7.74. The van der Waals surface area contributed by atoms with Gasteiger partial charge in [0.05, 0.1) is 11.1 Å². The third kappa shape index (κ3) is 11.8. The van der Waals surface area contributed by atoms with Crippen molar-refractivity contribution in [1.29, 1.82) is 0 Å². The Labute approximate surface area is 166 Å². The Bertz CT molecular complexity index is 634. The summed E-state index contributed by atoms with van der Waals surface area (Å²) in [5.74, 6) is -0.541. The molecule has 28 heavy (non-hydrogen) atoms. The highest BCUT2D eigenvalue weighted by molar-refractivity contribution is 5.90. The Kier molecular flexibility index (Phi) is 10.7. The predicted octanol–water partition coefficient (Wildman–Crippen LogP) is 5.30. The van der Waals surface area contributed by atoms with Gasteiger partial charge in [-0.25, -0.2) is 9.59 Å². The molecule has 154 valence electrons. The molecule has 0 bridgehead atoms. The van der Waals surface area contributed by atoms with Gasteiger partial charge in [-0.15, -0.1) is 0 Å². The van der Waals surface area contributed by atoms with Gasteiger partial charge in [-0.3, -0.25) is 10.5 Å². The van der Waals surface area contributed by atoms with Gasteiger partial charge in [-0.2, -0.15) is 0 Å². The van der Waals surface area contributed by atoms with E-state index in [4.69, 9.17) is 20.0 Å². The van der Waals surface area contributed by atoms with Gasteiger partial charge in [-0.05, 0) is 65.8 Å². The first-order valence-electron chi connectivity index (χ1n) is 8.75. The molecule has 6 nitrogen and oxygen atoms in total. The van der Waals surface area contributed by atoms with Crippen LogP contribution in [0.1, 0.15) is 62.3 Å². The van der Waals surface area contributed by atoms with E-state index in [0.717, 1.165) is 0 Å². The number of hydrogen-bond donors (Lipinski definition) is 2. The van der Waals surface area contributed by atoms with E-state index in [1.807, 2.05) is 77.9 Å². The fourth-order valence-corrected chi connectivity index (χ4v) is 1.82. The zero-order chi connectivity index (χ0) is 21.8. The molecule has 0 radical (unpaired) electrons. The van der Waals surface area contributed by atoms with Gasteiger partial charge in [0, 0.05) is 0 Å². The van der Waals surface area contributed by atoms with Gasteiger partial charge < -0.3 is 9.47 Å². The van der Waals surface area contributed by atoms with Crippen LogP contribution in [0.5, 0.6) is 0 Å². The highest BCUT2D eigenvalue weighted by Gasteiger charge is 2.17. The van der Waals surface area contributed by atoms with Crippen LogP contribution in [0.3, 0.4) is 0 Å². The maximum atomic E-state index is 11.4. The lowest BCUT2D eigenvalue weighted by atomic mass is 10.2. The third-order valence-corrected chi connectivity index (χ3v) is 2.82. The fraction of sp³-hybridized carbons (Fsp3) is 0.364. The van der Waals surface area contributed by atoms with Crippen LogP contribution in [-0.4, -0.2) is 33.7 Å². The van der Waals surface area contributed by atoms with Crippen molar-refractivity contribution in [3.63, 3.8) is 0 Å². The number of rotatable bonds is 2. The van der Waals surface area contributed by atoms with E-state index in [-0.39, 0.29) is 11.9 Å². The van der Waals surface area contributed by atoms with Gasteiger partial charge in [0.15, 0.2) is 0 Å². The van der Waals surface area contributed by atoms with Crippen LogP contribution in [-0.2, 0) is 9.47 Å². The molecule has 2 aromatic carbocycles. The van der Waals surface area contributed by atoms with Crippen LogP contribution in [0.2, 0.25) is 0 Å². The molecule has 0 unspecified atom stereocenters. The predicted molar refractivity (Wildman–Crippen MR) is 108 cm³/mol. The van der Waals surface area contributed by atoms with Crippen molar-refractivity contribution in [3.8, 4) is 0 Å². The van der Waals surface area contributed by atoms with Crippen LogP contribution in [0.15, 0.2) is 60.7 Å². The van der Waals surface area contributed by atoms with E-state index >= 15 is 0 Å². The van der Waals surface area contributed by atoms with Crippen molar-refractivity contribution in [2.45, 2.75) is 52.7 Å². The summed E-state index contributed by atoms with van der Waals surface area (Å²) in [6.07, 6.45) is 0. The molecule has 0 saturated heterocycles. The summed E-state index contributed by atoms with van der Waals surface area (Å²) < 4.78 is 10.4. The number of carbonyl (C=O) groups is 2. The third-order valence-electron chi connectivity index (χ3n) is 2.82. The lowest BCUT2D eigenvalue weighted by Crippen LogP contribution is -2.23. The molecule has 0 amide bonds. The number of benzene rings is 2. The quantitative estimate of drug-likeness (QED) is 0.410. The van der Waals surface area contributed by atoms with Gasteiger partial charge in [0.1, 0.15) is 11.2 Å². The molecule has 0 spiro atoms. The minimum Gasteiger partial charge on any atom is -0.456 e. The Balaban J connectivity index is 0.000000478. The molecular formula is C22H30O6. The van der Waals surface area contributed by atoms with Crippen LogP contribution in [0, 0.1) is 0 Å². The molecule has 0 atom stereocenters. The zero-order valence-electron chi connectivity index (χ0n) is 17.3. The molecule has 0 aliphatic carbocycles. The minimum absolute atomic E-state index is 0.270. The first kappa shape index (κ1) is 25.3. The normalized spacial score (nSPS) is 10.4. The maximum Gasteiger partial charge on any atom is 0.338 e. The number of esters is 2. The molecule has 0 aliphatic heterocycles. The Hall–Kier alpha value is -2.70. The first-order valence-corrected chi connectivity index (χ1v) is 8.75. The van der Waals surface area contributed by atoms with Gasteiger partial charge in [0.2, 0.25) is 0 Å². The molecule has 0 aliphatic rings. The van der Waals surface area contributed by atoms with Crippen molar-refractivity contribution < 1.29 is 29.6 Å². The topological polar surface area (TPSA) is 93.1 Å². The largest absolute Gasteiger partial charge is 0.456 e. The van der Waals surface area contributed by atoms with Gasteiger partial charge >= 0.3 is 11.9 Å². The molecule has 2 rings (SSSR count). The van der Waals surface area contributed by atoms with Gasteiger partial charge in [0.25, 0.3) is 0 Å². The van der Waals surface area contributed by atoms with Crippen molar-refractivity contribution in [3.05, 3.63) is 71.8 Å². The lowest BCUT2D eigenvalue weighted by molar-refractivity contribution is -0.176.